The Morgan fingerprint density at radius 2 is 2.00 bits per heavy atom. The Bertz CT molecular complexity index is 464. The summed E-state index contributed by atoms with van der Waals surface area (Å²) in [7, 11) is 1.94. The van der Waals surface area contributed by atoms with Crippen LogP contribution in [0.25, 0.3) is 0 Å². The van der Waals surface area contributed by atoms with Gasteiger partial charge in [0.25, 0.3) is 0 Å². The summed E-state index contributed by atoms with van der Waals surface area (Å²) >= 11 is 0. The number of hydrogen-bond donors (Lipinski definition) is 1. The van der Waals surface area contributed by atoms with Crippen LogP contribution in [0.3, 0.4) is 0 Å². The van der Waals surface area contributed by atoms with Crippen LogP contribution in [0.15, 0.2) is 36.7 Å². The molecule has 18 heavy (non-hydrogen) atoms. The maximum Gasteiger partial charge on any atom is 0.138 e. The number of likely N-dealkylation sites (N-methyl/N-ethyl adjacent to an activating group) is 1. The third kappa shape index (κ3) is 3.40. The van der Waals surface area contributed by atoms with E-state index in [0.717, 1.165) is 25.2 Å². The molecule has 0 fully saturated rings. The Kier molecular flexibility index (Phi) is 4.47. The van der Waals surface area contributed by atoms with Crippen LogP contribution >= 0.6 is 0 Å². The van der Waals surface area contributed by atoms with Crippen molar-refractivity contribution in [1.29, 1.82) is 0 Å². The van der Waals surface area contributed by atoms with Crippen molar-refractivity contribution in [2.24, 2.45) is 7.05 Å². The molecule has 0 aliphatic carbocycles. The molecule has 0 radical (unpaired) electrons. The van der Waals surface area contributed by atoms with Crippen molar-refractivity contribution in [1.82, 2.24) is 20.1 Å². The maximum atomic E-state index is 4.29. The molecule has 0 amide bonds. The number of aryl methyl sites for hydroxylation is 1. The summed E-state index contributed by atoms with van der Waals surface area (Å²) in [5.74, 6) is 1.02. The van der Waals surface area contributed by atoms with Gasteiger partial charge in [-0.15, -0.1) is 0 Å². The summed E-state index contributed by atoms with van der Waals surface area (Å²) in [6.07, 6.45) is 3.53. The average Bonchev–Trinajstić information content (AvgIpc) is 2.77. The molecule has 1 N–H and O–H groups in total. The molecule has 0 bridgehead atoms. The fraction of sp³-hybridized carbons (Fsp3) is 0.429. The van der Waals surface area contributed by atoms with Crippen molar-refractivity contribution in [3.05, 3.63) is 48.0 Å². The lowest BCUT2D eigenvalue weighted by Gasteiger charge is -2.17. The van der Waals surface area contributed by atoms with Gasteiger partial charge in [0.05, 0.1) is 0 Å². The van der Waals surface area contributed by atoms with E-state index >= 15 is 0 Å². The van der Waals surface area contributed by atoms with Crippen LogP contribution < -0.4 is 5.32 Å². The van der Waals surface area contributed by atoms with Gasteiger partial charge in [-0.05, 0) is 18.5 Å². The van der Waals surface area contributed by atoms with E-state index in [1.54, 1.807) is 6.33 Å². The zero-order valence-corrected chi connectivity index (χ0v) is 11.0. The molecule has 1 atom stereocenters. The molecule has 1 heterocycles. The van der Waals surface area contributed by atoms with Crippen molar-refractivity contribution < 1.29 is 0 Å². The molecule has 0 saturated carbocycles. The molecule has 4 heteroatoms. The number of benzene rings is 1. The third-order valence-corrected chi connectivity index (χ3v) is 3.05. The molecule has 0 saturated heterocycles. The molecule has 96 valence electrons. The molecule has 1 unspecified atom stereocenters. The van der Waals surface area contributed by atoms with Crippen LogP contribution in [-0.4, -0.2) is 27.4 Å². The smallest absolute Gasteiger partial charge is 0.138 e. The second-order valence-electron chi connectivity index (χ2n) is 4.45. The predicted octanol–water partition coefficient (Wildman–Crippen LogP) is 1.58. The van der Waals surface area contributed by atoms with Crippen LogP contribution in [0.2, 0.25) is 0 Å². The quantitative estimate of drug-likeness (QED) is 0.839. The minimum absolute atomic E-state index is 0.403. The lowest BCUT2D eigenvalue weighted by molar-refractivity contribution is 0.499. The number of aromatic nitrogens is 3. The van der Waals surface area contributed by atoms with E-state index in [1.165, 1.54) is 5.56 Å². The SMILES string of the molecule is CCNC(Cc1ccccc1)Cc1ncnn1C. The second-order valence-corrected chi connectivity index (χ2v) is 4.45. The monoisotopic (exact) mass is 244 g/mol. The molecule has 1 aromatic heterocycles. The number of hydrogen-bond acceptors (Lipinski definition) is 3. The van der Waals surface area contributed by atoms with Gasteiger partial charge < -0.3 is 5.32 Å². The summed E-state index contributed by atoms with van der Waals surface area (Å²) in [5.41, 5.74) is 1.35. The molecule has 4 nitrogen and oxygen atoms in total. The summed E-state index contributed by atoms with van der Waals surface area (Å²) in [6.45, 7) is 3.10. The first-order valence-corrected chi connectivity index (χ1v) is 6.39. The largest absolute Gasteiger partial charge is 0.313 e. The van der Waals surface area contributed by atoms with E-state index in [9.17, 15) is 0 Å². The molecular formula is C14H20N4. The van der Waals surface area contributed by atoms with Crippen LogP contribution in [-0.2, 0) is 19.9 Å². The summed E-state index contributed by atoms with van der Waals surface area (Å²) in [5, 5.41) is 7.63. The Morgan fingerprint density at radius 1 is 1.22 bits per heavy atom. The molecule has 0 spiro atoms. The predicted molar refractivity (Wildman–Crippen MR) is 72.3 cm³/mol. The van der Waals surface area contributed by atoms with Gasteiger partial charge in [0.1, 0.15) is 12.2 Å². The third-order valence-electron chi connectivity index (χ3n) is 3.05. The van der Waals surface area contributed by atoms with Crippen molar-refractivity contribution in [3.63, 3.8) is 0 Å². The van der Waals surface area contributed by atoms with Gasteiger partial charge in [-0.25, -0.2) is 4.98 Å². The molecule has 2 aromatic rings. The molecule has 0 aliphatic rings. The van der Waals surface area contributed by atoms with Gasteiger partial charge >= 0.3 is 0 Å². The fourth-order valence-electron chi connectivity index (χ4n) is 2.13. The van der Waals surface area contributed by atoms with Crippen LogP contribution in [0.4, 0.5) is 0 Å². The number of nitrogens with zero attached hydrogens (tertiary/aromatic N) is 3. The Hall–Kier alpha value is -1.68. The van der Waals surface area contributed by atoms with Crippen molar-refractivity contribution >= 4 is 0 Å². The van der Waals surface area contributed by atoms with Crippen LogP contribution in [0.5, 0.6) is 0 Å². The first-order chi connectivity index (χ1) is 8.79. The van der Waals surface area contributed by atoms with E-state index in [-0.39, 0.29) is 0 Å². The maximum absolute atomic E-state index is 4.29. The van der Waals surface area contributed by atoms with E-state index in [0.29, 0.717) is 6.04 Å². The van der Waals surface area contributed by atoms with E-state index in [4.69, 9.17) is 0 Å². The van der Waals surface area contributed by atoms with Gasteiger partial charge in [0.2, 0.25) is 0 Å². The number of nitrogens with one attached hydrogen (secondary N) is 1. The van der Waals surface area contributed by atoms with E-state index in [1.807, 2.05) is 11.7 Å². The molecule has 0 aliphatic heterocycles. The summed E-state index contributed by atoms with van der Waals surface area (Å²) in [4.78, 5) is 4.29. The van der Waals surface area contributed by atoms with Gasteiger partial charge in [0.15, 0.2) is 0 Å². The Morgan fingerprint density at radius 3 is 2.61 bits per heavy atom. The zero-order chi connectivity index (χ0) is 12.8. The van der Waals surface area contributed by atoms with E-state index in [2.05, 4.69) is 52.7 Å². The van der Waals surface area contributed by atoms with Crippen LogP contribution in [0, 0.1) is 0 Å². The Balaban J connectivity index is 2.02. The highest BCUT2D eigenvalue weighted by atomic mass is 15.3. The normalized spacial score (nSPS) is 12.6. The topological polar surface area (TPSA) is 42.7 Å². The van der Waals surface area contributed by atoms with Crippen molar-refractivity contribution in [2.45, 2.75) is 25.8 Å². The molecular weight excluding hydrogens is 224 g/mol. The molecule has 2 rings (SSSR count). The Labute approximate surface area is 108 Å². The highest BCUT2D eigenvalue weighted by Crippen LogP contribution is 2.07. The fourth-order valence-corrected chi connectivity index (χ4v) is 2.13. The summed E-state index contributed by atoms with van der Waals surface area (Å²) in [6, 6.07) is 11.0. The lowest BCUT2D eigenvalue weighted by atomic mass is 10.0. The van der Waals surface area contributed by atoms with E-state index < -0.39 is 0 Å². The number of rotatable bonds is 6. The van der Waals surface area contributed by atoms with Gasteiger partial charge in [-0.1, -0.05) is 37.3 Å². The zero-order valence-electron chi connectivity index (χ0n) is 11.0. The van der Waals surface area contributed by atoms with Gasteiger partial charge in [-0.2, -0.15) is 5.10 Å². The van der Waals surface area contributed by atoms with Crippen LogP contribution in [0.1, 0.15) is 18.3 Å². The van der Waals surface area contributed by atoms with Gasteiger partial charge in [0, 0.05) is 19.5 Å². The summed E-state index contributed by atoms with van der Waals surface area (Å²) < 4.78 is 1.84. The first kappa shape index (κ1) is 12.8. The highest BCUT2D eigenvalue weighted by Gasteiger charge is 2.12. The highest BCUT2D eigenvalue weighted by molar-refractivity contribution is 5.16. The van der Waals surface area contributed by atoms with Crippen molar-refractivity contribution in [3.8, 4) is 0 Å². The molecule has 1 aromatic carbocycles. The minimum atomic E-state index is 0.403. The standard InChI is InChI=1S/C14H20N4/c1-3-15-13(9-12-7-5-4-6-8-12)10-14-16-11-17-18(14)2/h4-8,11,13,15H,3,9-10H2,1-2H3. The minimum Gasteiger partial charge on any atom is -0.313 e. The second kappa shape index (κ2) is 6.31. The van der Waals surface area contributed by atoms with Gasteiger partial charge in [-0.3, -0.25) is 4.68 Å². The van der Waals surface area contributed by atoms with Crippen molar-refractivity contribution in [2.75, 3.05) is 6.54 Å². The average molecular weight is 244 g/mol. The lowest BCUT2D eigenvalue weighted by Crippen LogP contribution is -2.34. The first-order valence-electron chi connectivity index (χ1n) is 6.39.